The highest BCUT2D eigenvalue weighted by Crippen LogP contribution is 2.23. The molecule has 0 aliphatic heterocycles. The lowest BCUT2D eigenvalue weighted by Gasteiger charge is -2.07. The quantitative estimate of drug-likeness (QED) is 0.611. The fourth-order valence-corrected chi connectivity index (χ4v) is 1.38. The fraction of sp³-hybridized carbons (Fsp3) is 0.182. The molecule has 0 radical (unpaired) electrons. The van der Waals surface area contributed by atoms with Crippen LogP contribution in [-0.2, 0) is 0 Å². The van der Waals surface area contributed by atoms with Crippen molar-refractivity contribution < 1.29 is 9.53 Å². The summed E-state index contributed by atoms with van der Waals surface area (Å²) in [5.74, 6) is 2.84. The first-order valence-electron chi connectivity index (χ1n) is 4.02. The number of Topliss-reactive ketones (excluding diaryl/α,β-unsaturated/α-hetero) is 1. The number of ether oxygens (including phenoxy) is 1. The Morgan fingerprint density at radius 1 is 1.64 bits per heavy atom. The highest BCUT2D eigenvalue weighted by Gasteiger charge is 2.08. The first kappa shape index (κ1) is 10.8. The number of carbonyl (C=O) groups excluding carboxylic acids is 1. The predicted molar refractivity (Wildman–Crippen MR) is 58.5 cm³/mol. The first-order valence-corrected chi connectivity index (χ1v) is 4.81. The fourth-order valence-electron chi connectivity index (χ4n) is 1.02. The first-order chi connectivity index (χ1) is 6.65. The van der Waals surface area contributed by atoms with Crippen molar-refractivity contribution in [3.8, 4) is 18.1 Å². The van der Waals surface area contributed by atoms with E-state index in [1.807, 2.05) is 0 Å². The molecule has 0 aromatic heterocycles. The van der Waals surface area contributed by atoms with E-state index in [0.717, 1.165) is 4.47 Å². The Hall–Kier alpha value is -1.27. The molecule has 0 fully saturated rings. The molecule has 0 spiro atoms. The van der Waals surface area contributed by atoms with E-state index in [9.17, 15) is 4.79 Å². The van der Waals surface area contributed by atoms with Crippen molar-refractivity contribution in [1.29, 1.82) is 0 Å². The standard InChI is InChI=1S/C11H9BrO2/c1-3-6-14-11-5-4-9(12)7-10(11)8(2)13/h1,4-5,7H,6H2,2H3. The van der Waals surface area contributed by atoms with Gasteiger partial charge in [-0.25, -0.2) is 0 Å². The van der Waals surface area contributed by atoms with Gasteiger partial charge in [0.25, 0.3) is 0 Å². The molecule has 0 N–H and O–H groups in total. The number of benzene rings is 1. The van der Waals surface area contributed by atoms with Crippen LogP contribution in [0, 0.1) is 12.3 Å². The second kappa shape index (κ2) is 4.83. The molecule has 0 aliphatic carbocycles. The van der Waals surface area contributed by atoms with Crippen LogP contribution in [0.2, 0.25) is 0 Å². The SMILES string of the molecule is C#CCOc1ccc(Br)cc1C(C)=O. The number of carbonyl (C=O) groups is 1. The minimum atomic E-state index is -0.0432. The lowest BCUT2D eigenvalue weighted by molar-refractivity contribution is 0.101. The molecule has 1 aromatic carbocycles. The zero-order valence-corrected chi connectivity index (χ0v) is 9.30. The molecular weight excluding hydrogens is 244 g/mol. The molecule has 0 amide bonds. The van der Waals surface area contributed by atoms with Crippen LogP contribution in [0.25, 0.3) is 0 Å². The van der Waals surface area contributed by atoms with Crippen LogP contribution in [-0.4, -0.2) is 12.4 Å². The van der Waals surface area contributed by atoms with Crippen LogP contribution in [0.15, 0.2) is 22.7 Å². The third kappa shape index (κ3) is 2.61. The molecule has 0 bridgehead atoms. The maximum atomic E-state index is 11.2. The maximum absolute atomic E-state index is 11.2. The maximum Gasteiger partial charge on any atom is 0.163 e. The molecule has 0 saturated carbocycles. The zero-order chi connectivity index (χ0) is 10.6. The molecule has 72 valence electrons. The lowest BCUT2D eigenvalue weighted by atomic mass is 10.1. The highest BCUT2D eigenvalue weighted by molar-refractivity contribution is 9.10. The zero-order valence-electron chi connectivity index (χ0n) is 7.71. The van der Waals surface area contributed by atoms with E-state index in [-0.39, 0.29) is 12.4 Å². The number of hydrogen-bond acceptors (Lipinski definition) is 2. The summed E-state index contributed by atoms with van der Waals surface area (Å²) in [6.45, 7) is 1.66. The summed E-state index contributed by atoms with van der Waals surface area (Å²) < 4.78 is 6.07. The Morgan fingerprint density at radius 2 is 2.36 bits per heavy atom. The molecule has 0 saturated heterocycles. The van der Waals surface area contributed by atoms with Gasteiger partial charge in [0, 0.05) is 4.47 Å². The summed E-state index contributed by atoms with van der Waals surface area (Å²) in [4.78, 5) is 11.2. The molecular formula is C11H9BrO2. The van der Waals surface area contributed by atoms with Crippen LogP contribution in [0.5, 0.6) is 5.75 Å². The third-order valence-corrected chi connectivity index (χ3v) is 2.13. The van der Waals surface area contributed by atoms with Crippen LogP contribution in [0.3, 0.4) is 0 Å². The molecule has 14 heavy (non-hydrogen) atoms. The molecule has 2 nitrogen and oxygen atoms in total. The minimum Gasteiger partial charge on any atom is -0.480 e. The van der Waals surface area contributed by atoms with Gasteiger partial charge in [-0.1, -0.05) is 21.9 Å². The van der Waals surface area contributed by atoms with Gasteiger partial charge in [0.1, 0.15) is 12.4 Å². The van der Waals surface area contributed by atoms with Gasteiger partial charge in [-0.05, 0) is 25.1 Å². The van der Waals surface area contributed by atoms with Crippen molar-refractivity contribution in [1.82, 2.24) is 0 Å². The van der Waals surface area contributed by atoms with Crippen molar-refractivity contribution in [2.45, 2.75) is 6.92 Å². The van der Waals surface area contributed by atoms with Gasteiger partial charge in [-0.15, -0.1) is 6.42 Å². The minimum absolute atomic E-state index is 0.0432. The molecule has 0 unspecified atom stereocenters. The van der Waals surface area contributed by atoms with Crippen molar-refractivity contribution in [3.63, 3.8) is 0 Å². The van der Waals surface area contributed by atoms with Gasteiger partial charge in [0.05, 0.1) is 5.56 Å². The summed E-state index contributed by atoms with van der Waals surface area (Å²) in [6.07, 6.45) is 5.06. The summed E-state index contributed by atoms with van der Waals surface area (Å²) in [7, 11) is 0. The Kier molecular flexibility index (Phi) is 3.73. The second-order valence-corrected chi connectivity index (χ2v) is 3.61. The average Bonchev–Trinajstić information content (AvgIpc) is 2.15. The van der Waals surface area contributed by atoms with Crippen molar-refractivity contribution in [3.05, 3.63) is 28.2 Å². The normalized spacial score (nSPS) is 9.21. The topological polar surface area (TPSA) is 26.3 Å². The second-order valence-electron chi connectivity index (χ2n) is 2.69. The van der Waals surface area contributed by atoms with E-state index in [1.165, 1.54) is 6.92 Å². The summed E-state index contributed by atoms with van der Waals surface area (Å²) in [5, 5.41) is 0. The van der Waals surface area contributed by atoms with Gasteiger partial charge < -0.3 is 4.74 Å². The van der Waals surface area contributed by atoms with E-state index >= 15 is 0 Å². The Morgan fingerprint density at radius 3 is 2.93 bits per heavy atom. The predicted octanol–water partition coefficient (Wildman–Crippen LogP) is 2.66. The summed E-state index contributed by atoms with van der Waals surface area (Å²) >= 11 is 3.28. The molecule has 1 aromatic rings. The summed E-state index contributed by atoms with van der Waals surface area (Å²) in [5.41, 5.74) is 0.537. The van der Waals surface area contributed by atoms with E-state index in [4.69, 9.17) is 11.2 Å². The monoisotopic (exact) mass is 252 g/mol. The number of halogens is 1. The van der Waals surface area contributed by atoms with Gasteiger partial charge in [0.2, 0.25) is 0 Å². The van der Waals surface area contributed by atoms with Gasteiger partial charge >= 0.3 is 0 Å². The number of ketones is 1. The molecule has 1 rings (SSSR count). The number of hydrogen-bond donors (Lipinski definition) is 0. The van der Waals surface area contributed by atoms with Crippen LogP contribution in [0.4, 0.5) is 0 Å². The third-order valence-electron chi connectivity index (χ3n) is 1.63. The van der Waals surface area contributed by atoms with Gasteiger partial charge in [-0.3, -0.25) is 4.79 Å². The molecule has 3 heteroatoms. The Bertz CT molecular complexity index is 391. The van der Waals surface area contributed by atoms with Crippen LogP contribution >= 0.6 is 15.9 Å². The van der Waals surface area contributed by atoms with Crippen molar-refractivity contribution in [2.24, 2.45) is 0 Å². The van der Waals surface area contributed by atoms with E-state index in [1.54, 1.807) is 18.2 Å². The van der Waals surface area contributed by atoms with E-state index in [2.05, 4.69) is 21.9 Å². The van der Waals surface area contributed by atoms with Crippen LogP contribution in [0.1, 0.15) is 17.3 Å². The van der Waals surface area contributed by atoms with Gasteiger partial charge in [-0.2, -0.15) is 0 Å². The molecule has 0 aliphatic rings. The Labute approximate surface area is 91.4 Å². The smallest absolute Gasteiger partial charge is 0.163 e. The number of terminal acetylenes is 1. The lowest BCUT2D eigenvalue weighted by Crippen LogP contribution is -2.01. The van der Waals surface area contributed by atoms with Crippen molar-refractivity contribution in [2.75, 3.05) is 6.61 Å². The average molecular weight is 253 g/mol. The summed E-state index contributed by atoms with van der Waals surface area (Å²) in [6, 6.07) is 5.24. The van der Waals surface area contributed by atoms with E-state index in [0.29, 0.717) is 11.3 Å². The van der Waals surface area contributed by atoms with Crippen molar-refractivity contribution >= 4 is 21.7 Å². The van der Waals surface area contributed by atoms with E-state index < -0.39 is 0 Å². The van der Waals surface area contributed by atoms with Gasteiger partial charge in [0.15, 0.2) is 5.78 Å². The molecule has 0 heterocycles. The molecule has 0 atom stereocenters. The largest absolute Gasteiger partial charge is 0.480 e. The van der Waals surface area contributed by atoms with Crippen LogP contribution < -0.4 is 4.74 Å². The number of rotatable bonds is 3. The Balaban J connectivity index is 3.03. The highest BCUT2D eigenvalue weighted by atomic mass is 79.9.